The van der Waals surface area contributed by atoms with Crippen LogP contribution < -0.4 is 5.32 Å². The van der Waals surface area contributed by atoms with Gasteiger partial charge < -0.3 is 15.1 Å². The molecule has 1 fully saturated rings. The van der Waals surface area contributed by atoms with Gasteiger partial charge >= 0.3 is 0 Å². The lowest BCUT2D eigenvalue weighted by atomic mass is 10.1. The average molecular weight is 305 g/mol. The van der Waals surface area contributed by atoms with E-state index in [4.69, 9.17) is 12.2 Å². The van der Waals surface area contributed by atoms with E-state index in [0.29, 0.717) is 6.04 Å². The van der Waals surface area contributed by atoms with Gasteiger partial charge in [0, 0.05) is 25.7 Å². The van der Waals surface area contributed by atoms with Crippen LogP contribution in [-0.4, -0.2) is 54.7 Å². The Morgan fingerprint density at radius 3 is 2.48 bits per heavy atom. The Morgan fingerprint density at radius 2 is 1.86 bits per heavy atom. The second kappa shape index (κ2) is 8.35. The second-order valence-electron chi connectivity index (χ2n) is 6.10. The first-order valence-electron chi connectivity index (χ1n) is 7.89. The third-order valence-corrected chi connectivity index (χ3v) is 4.12. The van der Waals surface area contributed by atoms with Crippen molar-refractivity contribution in [1.82, 2.24) is 15.1 Å². The Labute approximate surface area is 134 Å². The van der Waals surface area contributed by atoms with Gasteiger partial charge in [0.15, 0.2) is 5.11 Å². The molecule has 0 unspecified atom stereocenters. The molecule has 3 nitrogen and oxygen atoms in total. The smallest absolute Gasteiger partial charge is 0.169 e. The number of hydrogen-bond donors (Lipinski definition) is 1. The molecule has 0 radical (unpaired) electrons. The topological polar surface area (TPSA) is 18.5 Å². The van der Waals surface area contributed by atoms with E-state index in [1.54, 1.807) is 0 Å². The Hall–Kier alpha value is -1.13. The first kappa shape index (κ1) is 16.2. The zero-order valence-electron chi connectivity index (χ0n) is 13.2. The summed E-state index contributed by atoms with van der Waals surface area (Å²) in [4.78, 5) is 4.54. The number of hydrogen-bond acceptors (Lipinski definition) is 2. The van der Waals surface area contributed by atoms with E-state index in [2.05, 4.69) is 59.5 Å². The molecule has 0 bridgehead atoms. The fourth-order valence-electron chi connectivity index (χ4n) is 2.25. The molecule has 21 heavy (non-hydrogen) atoms. The van der Waals surface area contributed by atoms with E-state index in [1.165, 1.54) is 18.4 Å². The lowest BCUT2D eigenvalue weighted by molar-refractivity contribution is 0.324. The van der Waals surface area contributed by atoms with Gasteiger partial charge in [-0.25, -0.2) is 0 Å². The first-order chi connectivity index (χ1) is 10.1. The van der Waals surface area contributed by atoms with Gasteiger partial charge in [0.2, 0.25) is 0 Å². The zero-order valence-corrected chi connectivity index (χ0v) is 14.0. The van der Waals surface area contributed by atoms with E-state index in [0.717, 1.165) is 37.6 Å². The summed E-state index contributed by atoms with van der Waals surface area (Å²) >= 11 is 5.57. The lowest BCUT2D eigenvalue weighted by Crippen LogP contribution is -2.44. The molecule has 0 spiro atoms. The average Bonchev–Trinajstić information content (AvgIpc) is 3.27. The van der Waals surface area contributed by atoms with E-state index in [-0.39, 0.29) is 0 Å². The number of nitrogens with zero attached hydrogens (tertiary/aromatic N) is 2. The van der Waals surface area contributed by atoms with E-state index < -0.39 is 0 Å². The molecular weight excluding hydrogens is 278 g/mol. The highest BCUT2D eigenvalue weighted by atomic mass is 32.1. The maximum Gasteiger partial charge on any atom is 0.169 e. The van der Waals surface area contributed by atoms with Gasteiger partial charge in [0.05, 0.1) is 0 Å². The van der Waals surface area contributed by atoms with E-state index in [1.807, 2.05) is 0 Å². The predicted octanol–water partition coefficient (Wildman–Crippen LogP) is 2.52. The quantitative estimate of drug-likeness (QED) is 0.744. The van der Waals surface area contributed by atoms with Crippen molar-refractivity contribution in [1.29, 1.82) is 0 Å². The molecule has 1 aliphatic rings. The van der Waals surface area contributed by atoms with Crippen molar-refractivity contribution in [3.05, 3.63) is 35.9 Å². The molecule has 0 aromatic heterocycles. The van der Waals surface area contributed by atoms with Crippen LogP contribution in [-0.2, 0) is 6.42 Å². The van der Waals surface area contributed by atoms with Crippen molar-refractivity contribution in [2.24, 2.45) is 0 Å². The van der Waals surface area contributed by atoms with Crippen LogP contribution in [0.5, 0.6) is 0 Å². The number of aryl methyl sites for hydroxylation is 1. The highest BCUT2D eigenvalue weighted by Gasteiger charge is 2.23. The summed E-state index contributed by atoms with van der Waals surface area (Å²) in [6.45, 7) is 3.07. The maximum absolute atomic E-state index is 5.57. The molecule has 0 amide bonds. The van der Waals surface area contributed by atoms with E-state index >= 15 is 0 Å². The largest absolute Gasteiger partial charge is 0.360 e. The van der Waals surface area contributed by atoms with Crippen LogP contribution in [0.4, 0.5) is 0 Å². The fraction of sp³-hybridized carbons (Fsp3) is 0.588. The minimum atomic E-state index is 0.633. The number of rotatable bonds is 8. The standard InChI is InChI=1S/C17H27N3S/c1-19(2)13-14-20(17(21)18-16-10-11-16)12-6-9-15-7-4-3-5-8-15/h3-5,7-8,16H,6,9-14H2,1-2H3,(H,18,21). The minimum absolute atomic E-state index is 0.633. The van der Waals surface area contributed by atoms with Gasteiger partial charge in [-0.3, -0.25) is 0 Å². The van der Waals surface area contributed by atoms with Crippen LogP contribution in [0.15, 0.2) is 30.3 Å². The summed E-state index contributed by atoms with van der Waals surface area (Å²) in [5.41, 5.74) is 1.41. The summed E-state index contributed by atoms with van der Waals surface area (Å²) in [6, 6.07) is 11.3. The summed E-state index contributed by atoms with van der Waals surface area (Å²) in [7, 11) is 4.22. The molecule has 1 aromatic carbocycles. The molecule has 116 valence electrons. The third-order valence-electron chi connectivity index (χ3n) is 3.75. The zero-order chi connectivity index (χ0) is 15.1. The molecule has 2 rings (SSSR count). The van der Waals surface area contributed by atoms with Gasteiger partial charge in [0.25, 0.3) is 0 Å². The molecule has 1 aliphatic carbocycles. The van der Waals surface area contributed by atoms with Gasteiger partial charge in [-0.15, -0.1) is 0 Å². The summed E-state index contributed by atoms with van der Waals surface area (Å²) in [5.74, 6) is 0. The number of thiocarbonyl (C=S) groups is 1. The monoisotopic (exact) mass is 305 g/mol. The Balaban J connectivity index is 1.77. The van der Waals surface area contributed by atoms with Crippen LogP contribution in [0.1, 0.15) is 24.8 Å². The van der Waals surface area contributed by atoms with Gasteiger partial charge in [-0.1, -0.05) is 30.3 Å². The van der Waals surface area contributed by atoms with Crippen molar-refractivity contribution in [3.8, 4) is 0 Å². The van der Waals surface area contributed by atoms with Gasteiger partial charge in [0.1, 0.15) is 0 Å². The third kappa shape index (κ3) is 6.44. The lowest BCUT2D eigenvalue weighted by Gasteiger charge is -2.27. The van der Waals surface area contributed by atoms with Gasteiger partial charge in [-0.2, -0.15) is 0 Å². The second-order valence-corrected chi connectivity index (χ2v) is 6.49. The van der Waals surface area contributed by atoms with Crippen LogP contribution in [0.25, 0.3) is 0 Å². The van der Waals surface area contributed by atoms with Crippen LogP contribution >= 0.6 is 12.2 Å². The highest BCUT2D eigenvalue weighted by Crippen LogP contribution is 2.19. The van der Waals surface area contributed by atoms with Gasteiger partial charge in [-0.05, 0) is 57.6 Å². The Kier molecular flexibility index (Phi) is 6.46. The minimum Gasteiger partial charge on any atom is -0.360 e. The highest BCUT2D eigenvalue weighted by molar-refractivity contribution is 7.80. The molecule has 1 N–H and O–H groups in total. The summed E-state index contributed by atoms with van der Waals surface area (Å²) in [6.07, 6.45) is 4.80. The van der Waals surface area contributed by atoms with Crippen LogP contribution in [0.2, 0.25) is 0 Å². The number of nitrogens with one attached hydrogen (secondary N) is 1. The normalized spacial score (nSPS) is 14.2. The van der Waals surface area contributed by atoms with Crippen LogP contribution in [0.3, 0.4) is 0 Å². The number of likely N-dealkylation sites (N-methyl/N-ethyl adjacent to an activating group) is 1. The molecule has 0 aliphatic heterocycles. The SMILES string of the molecule is CN(C)CCN(CCCc1ccccc1)C(=S)NC1CC1. The van der Waals surface area contributed by atoms with Crippen molar-refractivity contribution < 1.29 is 0 Å². The molecule has 1 aromatic rings. The number of benzene rings is 1. The molecule has 0 atom stereocenters. The molecule has 1 saturated carbocycles. The molecule has 0 saturated heterocycles. The molecule has 4 heteroatoms. The predicted molar refractivity (Wildman–Crippen MR) is 93.6 cm³/mol. The molecule has 0 heterocycles. The van der Waals surface area contributed by atoms with E-state index in [9.17, 15) is 0 Å². The van der Waals surface area contributed by atoms with Crippen molar-refractivity contribution >= 4 is 17.3 Å². The first-order valence-corrected chi connectivity index (χ1v) is 8.30. The van der Waals surface area contributed by atoms with Crippen molar-refractivity contribution in [2.75, 3.05) is 33.7 Å². The Bertz CT molecular complexity index is 429. The maximum atomic E-state index is 5.57. The molecular formula is C17H27N3S. The van der Waals surface area contributed by atoms with Crippen LogP contribution in [0, 0.1) is 0 Å². The summed E-state index contributed by atoms with van der Waals surface area (Å²) < 4.78 is 0. The summed E-state index contributed by atoms with van der Waals surface area (Å²) in [5, 5.41) is 4.40. The Morgan fingerprint density at radius 1 is 1.14 bits per heavy atom. The van der Waals surface area contributed by atoms with Crippen molar-refractivity contribution in [2.45, 2.75) is 31.7 Å². The fourth-order valence-corrected chi connectivity index (χ4v) is 2.60. The van der Waals surface area contributed by atoms with Crippen molar-refractivity contribution in [3.63, 3.8) is 0 Å².